The van der Waals surface area contributed by atoms with Crippen LogP contribution in [0.1, 0.15) is 27.7 Å². The van der Waals surface area contributed by atoms with Gasteiger partial charge in [-0.05, 0) is 27.7 Å². The van der Waals surface area contributed by atoms with E-state index in [2.05, 4.69) is 0 Å². The van der Waals surface area contributed by atoms with Gasteiger partial charge in [0.2, 0.25) is 0 Å². The molecule has 0 aromatic rings. The number of carbonyl (C=O) groups is 2. The van der Waals surface area contributed by atoms with Crippen molar-refractivity contribution in [2.24, 2.45) is 0 Å². The van der Waals surface area contributed by atoms with E-state index in [4.69, 9.17) is 14.6 Å². The molecular weight excluding hydrogens is 214 g/mol. The molecule has 0 aromatic carbocycles. The maximum Gasteiger partial charge on any atom is 0.412 e. The number of hydrogen-bond acceptors (Lipinski definition) is 4. The third-order valence-corrected chi connectivity index (χ3v) is 2.14. The van der Waals surface area contributed by atoms with Crippen LogP contribution in [0.25, 0.3) is 0 Å². The van der Waals surface area contributed by atoms with Crippen LogP contribution in [-0.4, -0.2) is 46.5 Å². The zero-order chi connectivity index (χ0) is 12.6. The van der Waals surface area contributed by atoms with Gasteiger partial charge in [0.15, 0.2) is 5.60 Å². The minimum Gasteiger partial charge on any atom is -0.479 e. The van der Waals surface area contributed by atoms with Crippen molar-refractivity contribution in [3.05, 3.63) is 0 Å². The molecule has 0 saturated carbocycles. The molecular formula is C10H17NO5. The van der Waals surface area contributed by atoms with Crippen LogP contribution < -0.4 is 0 Å². The molecule has 1 N–H and O–H groups in total. The summed E-state index contributed by atoms with van der Waals surface area (Å²) in [5.41, 5.74) is -1.93. The number of carboxylic acids is 1. The van der Waals surface area contributed by atoms with E-state index in [0.29, 0.717) is 0 Å². The van der Waals surface area contributed by atoms with Gasteiger partial charge in [0.05, 0.1) is 6.54 Å². The fourth-order valence-electron chi connectivity index (χ4n) is 1.25. The lowest BCUT2D eigenvalue weighted by Gasteiger charge is -2.23. The van der Waals surface area contributed by atoms with E-state index >= 15 is 0 Å². The van der Waals surface area contributed by atoms with Gasteiger partial charge >= 0.3 is 12.1 Å². The van der Waals surface area contributed by atoms with Crippen LogP contribution in [0.5, 0.6) is 0 Å². The summed E-state index contributed by atoms with van der Waals surface area (Å²) < 4.78 is 10.2. The summed E-state index contributed by atoms with van der Waals surface area (Å²) in [6.45, 7) is 6.61. The topological polar surface area (TPSA) is 76.1 Å². The summed E-state index contributed by atoms with van der Waals surface area (Å²) in [7, 11) is 0. The van der Waals surface area contributed by atoms with Gasteiger partial charge in [-0.3, -0.25) is 4.90 Å². The van der Waals surface area contributed by atoms with E-state index in [1.807, 2.05) is 0 Å². The third kappa shape index (κ3) is 2.85. The molecule has 1 rings (SSSR count). The molecule has 1 aliphatic heterocycles. The van der Waals surface area contributed by atoms with Crippen molar-refractivity contribution in [1.82, 2.24) is 4.90 Å². The second-order valence-corrected chi connectivity index (χ2v) is 4.99. The first-order valence-corrected chi connectivity index (χ1v) is 4.99. The highest BCUT2D eigenvalue weighted by Gasteiger charge is 2.44. The summed E-state index contributed by atoms with van der Waals surface area (Å²) in [5, 5.41) is 8.90. The van der Waals surface area contributed by atoms with Gasteiger partial charge in [0, 0.05) is 0 Å². The fraction of sp³-hybridized carbons (Fsp3) is 0.800. The zero-order valence-corrected chi connectivity index (χ0v) is 9.94. The minimum atomic E-state index is -1.34. The highest BCUT2D eigenvalue weighted by atomic mass is 16.6. The maximum absolute atomic E-state index is 11.6. The predicted molar refractivity (Wildman–Crippen MR) is 54.9 cm³/mol. The van der Waals surface area contributed by atoms with E-state index in [1.54, 1.807) is 20.8 Å². The predicted octanol–water partition coefficient (Wildman–Crippen LogP) is 1.05. The number of hydrogen-bond donors (Lipinski definition) is 1. The van der Waals surface area contributed by atoms with Crippen molar-refractivity contribution in [2.45, 2.75) is 38.9 Å². The van der Waals surface area contributed by atoms with Crippen LogP contribution in [-0.2, 0) is 14.3 Å². The molecule has 1 aliphatic rings. The van der Waals surface area contributed by atoms with Crippen LogP contribution in [0.15, 0.2) is 0 Å². The van der Waals surface area contributed by atoms with Gasteiger partial charge in [-0.15, -0.1) is 0 Å². The fourth-order valence-corrected chi connectivity index (χ4v) is 1.25. The standard InChI is InChI=1S/C10H17NO5/c1-9(2,3)16-8(14)11-5-10(4,7(12)13)15-6-11/h5-6H2,1-4H3,(H,12,13)/t10-/m0/s1. The van der Waals surface area contributed by atoms with Gasteiger partial charge < -0.3 is 14.6 Å². The van der Waals surface area contributed by atoms with Crippen molar-refractivity contribution in [3.8, 4) is 0 Å². The molecule has 1 fully saturated rings. The first-order chi connectivity index (χ1) is 7.14. The summed E-state index contributed by atoms with van der Waals surface area (Å²) in [4.78, 5) is 23.7. The van der Waals surface area contributed by atoms with E-state index in [1.165, 1.54) is 11.8 Å². The van der Waals surface area contributed by atoms with Gasteiger partial charge in [-0.25, -0.2) is 9.59 Å². The Morgan fingerprint density at radius 3 is 2.38 bits per heavy atom. The number of amides is 1. The van der Waals surface area contributed by atoms with E-state index in [9.17, 15) is 9.59 Å². The number of ether oxygens (including phenoxy) is 2. The quantitative estimate of drug-likeness (QED) is 0.730. The molecule has 16 heavy (non-hydrogen) atoms. The van der Waals surface area contributed by atoms with Gasteiger partial charge in [0.25, 0.3) is 0 Å². The normalized spacial score (nSPS) is 25.6. The number of carboxylic acid groups (broad SMARTS) is 1. The highest BCUT2D eigenvalue weighted by molar-refractivity contribution is 5.79. The molecule has 92 valence electrons. The second-order valence-electron chi connectivity index (χ2n) is 4.99. The van der Waals surface area contributed by atoms with Crippen LogP contribution in [0.4, 0.5) is 4.79 Å². The maximum atomic E-state index is 11.6. The highest BCUT2D eigenvalue weighted by Crippen LogP contribution is 2.22. The van der Waals surface area contributed by atoms with Crippen molar-refractivity contribution < 1.29 is 24.2 Å². The first kappa shape index (κ1) is 12.8. The third-order valence-electron chi connectivity index (χ3n) is 2.14. The van der Waals surface area contributed by atoms with Gasteiger partial charge in [0.1, 0.15) is 12.3 Å². The monoisotopic (exact) mass is 231 g/mol. The average Bonchev–Trinajstić information content (AvgIpc) is 2.46. The lowest BCUT2D eigenvalue weighted by atomic mass is 10.1. The summed E-state index contributed by atoms with van der Waals surface area (Å²) in [6.07, 6.45) is -0.558. The van der Waals surface area contributed by atoms with Gasteiger partial charge in [-0.1, -0.05) is 0 Å². The Morgan fingerprint density at radius 2 is 2.00 bits per heavy atom. The molecule has 0 radical (unpaired) electrons. The SMILES string of the molecule is CC(C)(C)OC(=O)N1CO[C@](C)(C(=O)O)C1. The van der Waals surface area contributed by atoms with E-state index in [0.717, 1.165) is 0 Å². The molecule has 6 heteroatoms. The Hall–Kier alpha value is -1.30. The van der Waals surface area contributed by atoms with Crippen LogP contribution in [0.2, 0.25) is 0 Å². The Kier molecular flexibility index (Phi) is 3.14. The van der Waals surface area contributed by atoms with Crippen molar-refractivity contribution in [1.29, 1.82) is 0 Å². The smallest absolute Gasteiger partial charge is 0.412 e. The minimum absolute atomic E-state index is 0.00273. The summed E-state index contributed by atoms with van der Waals surface area (Å²) in [6, 6.07) is 0. The van der Waals surface area contributed by atoms with Crippen LogP contribution in [0.3, 0.4) is 0 Å². The lowest BCUT2D eigenvalue weighted by Crippen LogP contribution is -2.42. The second kappa shape index (κ2) is 3.93. The summed E-state index contributed by atoms with van der Waals surface area (Å²) in [5.74, 6) is -1.08. The average molecular weight is 231 g/mol. The number of rotatable bonds is 1. The first-order valence-electron chi connectivity index (χ1n) is 4.99. The molecule has 1 heterocycles. The Balaban J connectivity index is 2.60. The molecule has 1 saturated heterocycles. The lowest BCUT2D eigenvalue weighted by molar-refractivity contribution is -0.156. The Bertz CT molecular complexity index is 309. The van der Waals surface area contributed by atoms with Crippen molar-refractivity contribution in [3.63, 3.8) is 0 Å². The van der Waals surface area contributed by atoms with E-state index in [-0.39, 0.29) is 13.3 Å². The Morgan fingerprint density at radius 1 is 1.44 bits per heavy atom. The number of nitrogens with zero attached hydrogens (tertiary/aromatic N) is 1. The molecule has 0 spiro atoms. The van der Waals surface area contributed by atoms with E-state index < -0.39 is 23.3 Å². The molecule has 1 amide bonds. The molecule has 0 aromatic heterocycles. The molecule has 6 nitrogen and oxygen atoms in total. The van der Waals surface area contributed by atoms with Crippen molar-refractivity contribution >= 4 is 12.1 Å². The van der Waals surface area contributed by atoms with Gasteiger partial charge in [-0.2, -0.15) is 0 Å². The van der Waals surface area contributed by atoms with Crippen molar-refractivity contribution in [2.75, 3.05) is 13.3 Å². The molecule has 0 unspecified atom stereocenters. The zero-order valence-electron chi connectivity index (χ0n) is 9.94. The Labute approximate surface area is 94.1 Å². The molecule has 0 bridgehead atoms. The van der Waals surface area contributed by atoms with Crippen LogP contribution >= 0.6 is 0 Å². The molecule has 0 aliphatic carbocycles. The number of aliphatic carboxylic acids is 1. The summed E-state index contributed by atoms with van der Waals surface area (Å²) >= 11 is 0. The number of carbonyl (C=O) groups excluding carboxylic acids is 1. The molecule has 1 atom stereocenters. The largest absolute Gasteiger partial charge is 0.479 e. The van der Waals surface area contributed by atoms with Crippen LogP contribution in [0, 0.1) is 0 Å².